The molecule has 5 rings (SSSR count). The molecule has 0 radical (unpaired) electrons. The number of Topliss-reactive ketones (excluding diaryl/α,β-unsaturated/α-hetero) is 1. The van der Waals surface area contributed by atoms with E-state index in [1.165, 1.54) is 12.0 Å². The van der Waals surface area contributed by atoms with Crippen LogP contribution in [0.1, 0.15) is 28.3 Å². The van der Waals surface area contributed by atoms with Crippen LogP contribution in [-0.2, 0) is 9.59 Å². The fourth-order valence-electron chi connectivity index (χ4n) is 4.31. The van der Waals surface area contributed by atoms with Crippen molar-refractivity contribution >= 4 is 46.0 Å². The Labute approximate surface area is 206 Å². The number of rotatable bonds is 4. The van der Waals surface area contributed by atoms with Crippen molar-refractivity contribution in [1.29, 1.82) is 0 Å². The smallest absolute Gasteiger partial charge is 0.302 e. The Morgan fingerprint density at radius 1 is 1.06 bits per heavy atom. The highest BCUT2D eigenvalue weighted by Gasteiger charge is 2.48. The van der Waals surface area contributed by atoms with Gasteiger partial charge in [0, 0.05) is 10.6 Å². The number of carbonyl (C=O) groups excluding carboxylic acids is 2. The number of fused-ring (bicyclic) bond motifs is 1. The van der Waals surface area contributed by atoms with E-state index in [0.29, 0.717) is 27.4 Å². The first-order valence-corrected chi connectivity index (χ1v) is 11.3. The van der Waals surface area contributed by atoms with E-state index in [9.17, 15) is 14.7 Å². The average molecular weight is 488 g/mol. The van der Waals surface area contributed by atoms with Crippen molar-refractivity contribution in [3.63, 3.8) is 0 Å². The lowest BCUT2D eigenvalue weighted by atomic mass is 9.95. The summed E-state index contributed by atoms with van der Waals surface area (Å²) in [5, 5.41) is 11.7. The molecule has 0 aliphatic carbocycles. The van der Waals surface area contributed by atoms with E-state index in [1.807, 2.05) is 26.0 Å². The molecule has 3 aromatic carbocycles. The lowest BCUT2D eigenvalue weighted by Gasteiger charge is -2.23. The number of aromatic amines is 1. The van der Waals surface area contributed by atoms with Gasteiger partial charge in [-0.2, -0.15) is 0 Å². The number of imidazole rings is 1. The molecule has 1 aliphatic rings. The number of aromatic nitrogens is 2. The second-order valence-corrected chi connectivity index (χ2v) is 8.90. The molecule has 2 heterocycles. The Bertz CT molecular complexity index is 1480. The van der Waals surface area contributed by atoms with Gasteiger partial charge in [0.05, 0.1) is 29.8 Å². The van der Waals surface area contributed by atoms with Crippen LogP contribution in [0.3, 0.4) is 0 Å². The molecule has 4 aromatic rings. The van der Waals surface area contributed by atoms with Crippen molar-refractivity contribution in [2.75, 3.05) is 12.0 Å². The summed E-state index contributed by atoms with van der Waals surface area (Å²) in [6.45, 7) is 3.97. The minimum atomic E-state index is -0.927. The van der Waals surface area contributed by atoms with Crippen LogP contribution >= 0.6 is 11.6 Å². The molecule has 1 aliphatic heterocycles. The van der Waals surface area contributed by atoms with Gasteiger partial charge in [0.15, 0.2) is 0 Å². The zero-order valence-electron chi connectivity index (χ0n) is 19.3. The molecule has 0 spiro atoms. The number of hydrogen-bond donors (Lipinski definition) is 2. The van der Waals surface area contributed by atoms with Gasteiger partial charge in [-0.05, 0) is 79.1 Å². The molecule has 1 amide bonds. The van der Waals surface area contributed by atoms with Crippen molar-refractivity contribution < 1.29 is 19.4 Å². The fourth-order valence-corrected chi connectivity index (χ4v) is 4.44. The third kappa shape index (κ3) is 3.84. The monoisotopic (exact) mass is 487 g/mol. The molecule has 8 heteroatoms. The Hall–Kier alpha value is -4.10. The number of anilines is 1. The van der Waals surface area contributed by atoms with Crippen LogP contribution in [0.5, 0.6) is 5.75 Å². The summed E-state index contributed by atoms with van der Waals surface area (Å²) in [6.07, 6.45) is 0. The molecule has 2 N–H and O–H groups in total. The predicted octanol–water partition coefficient (Wildman–Crippen LogP) is 5.47. The lowest BCUT2D eigenvalue weighted by Crippen LogP contribution is -2.30. The zero-order chi connectivity index (χ0) is 24.9. The molecule has 176 valence electrons. The molecule has 7 nitrogen and oxygen atoms in total. The number of nitrogens with zero attached hydrogens (tertiary/aromatic N) is 2. The highest BCUT2D eigenvalue weighted by Crippen LogP contribution is 2.42. The standard InChI is InChI=1S/C27H22ClN3O4/c1-14-11-20-21(12-15(14)2)30-27(29-20)31-23(17-5-4-6-19(13-17)35-3)22(25(33)26(31)34)24(32)16-7-9-18(28)10-8-16/h4-13,23,32H,1-3H3,(H,29,30)/b24-22+. The van der Waals surface area contributed by atoms with Gasteiger partial charge in [0.1, 0.15) is 11.5 Å². The van der Waals surface area contributed by atoms with Crippen LogP contribution in [0.15, 0.2) is 66.2 Å². The molecule has 1 aromatic heterocycles. The molecule has 35 heavy (non-hydrogen) atoms. The third-order valence-electron chi connectivity index (χ3n) is 6.28. The lowest BCUT2D eigenvalue weighted by molar-refractivity contribution is -0.132. The first-order chi connectivity index (χ1) is 16.8. The van der Waals surface area contributed by atoms with Crippen LogP contribution in [-0.4, -0.2) is 33.9 Å². The number of hydrogen-bond acceptors (Lipinski definition) is 5. The largest absolute Gasteiger partial charge is 0.507 e. The topological polar surface area (TPSA) is 95.5 Å². The number of aryl methyl sites for hydroxylation is 2. The molecule has 1 unspecified atom stereocenters. The number of aliphatic hydroxyl groups is 1. The van der Waals surface area contributed by atoms with Crippen LogP contribution in [0.2, 0.25) is 5.02 Å². The number of amides is 1. The number of nitrogens with one attached hydrogen (secondary N) is 1. The minimum Gasteiger partial charge on any atom is -0.507 e. The van der Waals surface area contributed by atoms with Gasteiger partial charge in [0.2, 0.25) is 5.95 Å². The summed E-state index contributed by atoms with van der Waals surface area (Å²) in [4.78, 5) is 35.8. The van der Waals surface area contributed by atoms with Crippen molar-refractivity contribution in [1.82, 2.24) is 9.97 Å². The third-order valence-corrected chi connectivity index (χ3v) is 6.54. The van der Waals surface area contributed by atoms with Crippen molar-refractivity contribution in [3.8, 4) is 5.75 Å². The maximum atomic E-state index is 13.4. The Morgan fingerprint density at radius 3 is 2.49 bits per heavy atom. The van der Waals surface area contributed by atoms with Gasteiger partial charge in [-0.1, -0.05) is 23.7 Å². The Kier molecular flexibility index (Phi) is 5.57. The normalized spacial score (nSPS) is 17.4. The molecular formula is C27H22ClN3O4. The fraction of sp³-hybridized carbons (Fsp3) is 0.148. The summed E-state index contributed by atoms with van der Waals surface area (Å²) >= 11 is 6.00. The molecule has 1 atom stereocenters. The molecular weight excluding hydrogens is 466 g/mol. The van der Waals surface area contributed by atoms with E-state index in [2.05, 4.69) is 9.97 Å². The van der Waals surface area contributed by atoms with Gasteiger partial charge in [-0.3, -0.25) is 14.5 Å². The van der Waals surface area contributed by atoms with Crippen LogP contribution in [0, 0.1) is 13.8 Å². The van der Waals surface area contributed by atoms with Gasteiger partial charge in [-0.25, -0.2) is 4.98 Å². The number of ketones is 1. The number of carbonyl (C=O) groups is 2. The maximum absolute atomic E-state index is 13.4. The van der Waals surface area contributed by atoms with E-state index in [4.69, 9.17) is 16.3 Å². The Balaban J connectivity index is 1.74. The van der Waals surface area contributed by atoms with Crippen molar-refractivity contribution in [2.45, 2.75) is 19.9 Å². The van der Waals surface area contributed by atoms with E-state index >= 15 is 0 Å². The van der Waals surface area contributed by atoms with Crippen molar-refractivity contribution in [3.05, 3.63) is 93.5 Å². The summed E-state index contributed by atoms with van der Waals surface area (Å²) < 4.78 is 5.37. The zero-order valence-corrected chi connectivity index (χ0v) is 20.1. The predicted molar refractivity (Wildman–Crippen MR) is 135 cm³/mol. The van der Waals surface area contributed by atoms with Crippen LogP contribution in [0.25, 0.3) is 16.8 Å². The second-order valence-electron chi connectivity index (χ2n) is 8.47. The highest BCUT2D eigenvalue weighted by atomic mass is 35.5. The van der Waals surface area contributed by atoms with E-state index in [1.54, 1.807) is 48.5 Å². The number of ether oxygens (including phenoxy) is 1. The summed E-state index contributed by atoms with van der Waals surface area (Å²) in [5.74, 6) is -1.12. The number of benzene rings is 3. The summed E-state index contributed by atoms with van der Waals surface area (Å²) in [5.41, 5.74) is 4.46. The van der Waals surface area contributed by atoms with Gasteiger partial charge >= 0.3 is 5.91 Å². The first kappa shape index (κ1) is 22.7. The minimum absolute atomic E-state index is 0.0432. The average Bonchev–Trinajstić information content (AvgIpc) is 3.37. The summed E-state index contributed by atoms with van der Waals surface area (Å²) in [6, 6.07) is 16.4. The van der Waals surface area contributed by atoms with Crippen LogP contribution in [0.4, 0.5) is 5.95 Å². The number of H-pyrrole nitrogens is 1. The summed E-state index contributed by atoms with van der Waals surface area (Å²) in [7, 11) is 1.54. The van der Waals surface area contributed by atoms with Crippen LogP contribution < -0.4 is 9.64 Å². The molecule has 0 saturated carbocycles. The maximum Gasteiger partial charge on any atom is 0.302 e. The SMILES string of the molecule is COc1cccc(C2/C(=C(\O)c3ccc(Cl)cc3)C(=O)C(=O)N2c2nc3cc(C)c(C)cc3[nH]2)c1. The quantitative estimate of drug-likeness (QED) is 0.226. The number of aliphatic hydroxyl groups excluding tert-OH is 1. The second kappa shape index (κ2) is 8.60. The van der Waals surface area contributed by atoms with E-state index in [-0.39, 0.29) is 17.3 Å². The van der Waals surface area contributed by atoms with E-state index < -0.39 is 17.7 Å². The number of methoxy groups -OCH3 is 1. The van der Waals surface area contributed by atoms with Gasteiger partial charge in [-0.15, -0.1) is 0 Å². The number of halogens is 1. The highest BCUT2D eigenvalue weighted by molar-refractivity contribution is 6.51. The van der Waals surface area contributed by atoms with Gasteiger partial charge < -0.3 is 14.8 Å². The molecule has 1 fully saturated rings. The Morgan fingerprint density at radius 2 is 1.77 bits per heavy atom. The van der Waals surface area contributed by atoms with E-state index in [0.717, 1.165) is 16.6 Å². The van der Waals surface area contributed by atoms with Crippen molar-refractivity contribution in [2.24, 2.45) is 0 Å². The van der Waals surface area contributed by atoms with Gasteiger partial charge in [0.25, 0.3) is 5.78 Å². The molecule has 1 saturated heterocycles. The first-order valence-electron chi connectivity index (χ1n) is 11.0. The molecule has 0 bridgehead atoms.